The molecule has 0 atom stereocenters. The monoisotopic (exact) mass is 400 g/mol. The highest BCUT2D eigenvalue weighted by Gasteiger charge is 2.06. The van der Waals surface area contributed by atoms with Gasteiger partial charge in [0.05, 0.1) is 5.56 Å². The molecule has 0 aliphatic heterocycles. The molecule has 0 amide bonds. The molecule has 0 spiro atoms. The van der Waals surface area contributed by atoms with Crippen molar-refractivity contribution in [3.8, 4) is 11.8 Å². The molecule has 156 valence electrons. The van der Waals surface area contributed by atoms with Gasteiger partial charge < -0.3 is 0 Å². The Morgan fingerprint density at radius 1 is 0.667 bits per heavy atom. The van der Waals surface area contributed by atoms with E-state index in [0.717, 1.165) is 30.2 Å². The Labute approximate surface area is 181 Å². The first-order valence-corrected chi connectivity index (χ1v) is 11.5. The Bertz CT molecular complexity index is 1000. The molecule has 0 fully saturated rings. The zero-order valence-corrected chi connectivity index (χ0v) is 18.4. The molecule has 0 N–H and O–H groups in total. The van der Waals surface area contributed by atoms with Crippen LogP contribution in [0, 0.1) is 17.7 Å². The number of hydrogen-bond donors (Lipinski definition) is 0. The van der Waals surface area contributed by atoms with Gasteiger partial charge in [0.25, 0.3) is 0 Å². The predicted octanol–water partition coefficient (Wildman–Crippen LogP) is 8.23. The maximum Gasteiger partial charge on any atom is 0.146 e. The summed E-state index contributed by atoms with van der Waals surface area (Å²) in [4.78, 5) is 0. The molecule has 0 saturated heterocycles. The number of unbranched alkanes of at least 4 members (excludes halogenated alkanes) is 5. The molecule has 30 heavy (non-hydrogen) atoms. The molecular formula is C29H33F. The van der Waals surface area contributed by atoms with Crippen molar-refractivity contribution in [3.05, 3.63) is 82.7 Å². The van der Waals surface area contributed by atoms with Crippen LogP contribution in [-0.4, -0.2) is 0 Å². The lowest BCUT2D eigenvalue weighted by Gasteiger charge is -2.05. The van der Waals surface area contributed by atoms with Gasteiger partial charge in [-0.25, -0.2) is 4.39 Å². The molecule has 0 radical (unpaired) electrons. The molecular weight excluding hydrogens is 367 g/mol. The summed E-state index contributed by atoms with van der Waals surface area (Å²) in [6.45, 7) is 4.43. The van der Waals surface area contributed by atoms with Crippen LogP contribution in [0.15, 0.2) is 54.6 Å². The fourth-order valence-corrected chi connectivity index (χ4v) is 3.80. The minimum absolute atomic E-state index is 0.217. The van der Waals surface area contributed by atoms with Crippen LogP contribution in [-0.2, 0) is 12.8 Å². The van der Waals surface area contributed by atoms with Crippen molar-refractivity contribution in [2.24, 2.45) is 0 Å². The van der Waals surface area contributed by atoms with Crippen molar-refractivity contribution < 1.29 is 4.39 Å². The van der Waals surface area contributed by atoms with Gasteiger partial charge in [0.2, 0.25) is 0 Å². The van der Waals surface area contributed by atoms with E-state index in [-0.39, 0.29) is 5.82 Å². The molecule has 0 unspecified atom stereocenters. The minimum atomic E-state index is -0.217. The van der Waals surface area contributed by atoms with Gasteiger partial charge in [0.15, 0.2) is 0 Å². The van der Waals surface area contributed by atoms with Crippen molar-refractivity contribution in [2.75, 3.05) is 0 Å². The Morgan fingerprint density at radius 3 is 2.13 bits per heavy atom. The Morgan fingerprint density at radius 2 is 1.37 bits per heavy atom. The molecule has 0 nitrogen and oxygen atoms in total. The molecule has 3 aromatic rings. The van der Waals surface area contributed by atoms with Gasteiger partial charge in [-0.1, -0.05) is 94.2 Å². The zero-order valence-electron chi connectivity index (χ0n) is 18.4. The van der Waals surface area contributed by atoms with E-state index in [1.165, 1.54) is 49.7 Å². The number of halogens is 1. The van der Waals surface area contributed by atoms with Gasteiger partial charge in [0, 0.05) is 10.9 Å². The van der Waals surface area contributed by atoms with Gasteiger partial charge in [-0.05, 0) is 60.4 Å². The van der Waals surface area contributed by atoms with Crippen LogP contribution in [0.25, 0.3) is 10.8 Å². The summed E-state index contributed by atoms with van der Waals surface area (Å²) >= 11 is 0. The van der Waals surface area contributed by atoms with Gasteiger partial charge in [-0.2, -0.15) is 0 Å². The number of aryl methyl sites for hydroxylation is 2. The maximum absolute atomic E-state index is 14.9. The lowest BCUT2D eigenvalue weighted by molar-refractivity contribution is 0.632. The summed E-state index contributed by atoms with van der Waals surface area (Å²) in [5.41, 5.74) is 4.02. The van der Waals surface area contributed by atoms with E-state index < -0.39 is 0 Å². The average Bonchev–Trinajstić information content (AvgIpc) is 2.78. The molecule has 0 aliphatic carbocycles. The summed E-state index contributed by atoms with van der Waals surface area (Å²) < 4.78 is 14.9. The maximum atomic E-state index is 14.9. The highest BCUT2D eigenvalue weighted by atomic mass is 19.1. The SMILES string of the molecule is CCCCCCCc1ccc(C#Cc2ccc3cc(CCCC)ccc3c2F)cc1. The van der Waals surface area contributed by atoms with Crippen LogP contribution in [0.3, 0.4) is 0 Å². The van der Waals surface area contributed by atoms with Crippen molar-refractivity contribution in [2.45, 2.75) is 71.6 Å². The standard InChI is InChI=1S/C29H33F/c1-3-5-7-8-9-11-23-12-14-24(15-13-23)16-18-26-19-20-27-22-25(10-6-4-2)17-21-28(27)29(26)30/h12-15,17,19-22H,3-11H2,1-2H3. The Balaban J connectivity index is 1.67. The van der Waals surface area contributed by atoms with E-state index >= 15 is 0 Å². The first kappa shape index (κ1) is 22.1. The summed E-state index contributed by atoms with van der Waals surface area (Å²) in [6.07, 6.45) is 11.0. The van der Waals surface area contributed by atoms with E-state index in [1.807, 2.05) is 30.3 Å². The third-order valence-electron chi connectivity index (χ3n) is 5.70. The summed E-state index contributed by atoms with van der Waals surface area (Å²) in [5.74, 6) is 5.94. The van der Waals surface area contributed by atoms with E-state index in [1.54, 1.807) is 6.07 Å². The molecule has 3 rings (SSSR count). The van der Waals surface area contributed by atoms with Gasteiger partial charge >= 0.3 is 0 Å². The second-order valence-electron chi connectivity index (χ2n) is 8.20. The summed E-state index contributed by atoms with van der Waals surface area (Å²) in [6, 6.07) is 18.2. The third kappa shape index (κ3) is 6.20. The van der Waals surface area contributed by atoms with E-state index in [2.05, 4.69) is 43.9 Å². The fourth-order valence-electron chi connectivity index (χ4n) is 3.80. The van der Waals surface area contributed by atoms with Crippen molar-refractivity contribution >= 4 is 10.8 Å². The highest BCUT2D eigenvalue weighted by Crippen LogP contribution is 2.23. The van der Waals surface area contributed by atoms with Gasteiger partial charge in [0.1, 0.15) is 5.82 Å². The third-order valence-corrected chi connectivity index (χ3v) is 5.70. The Hall–Kier alpha value is -2.59. The fraction of sp³-hybridized carbons (Fsp3) is 0.379. The average molecular weight is 401 g/mol. The van der Waals surface area contributed by atoms with Crippen molar-refractivity contribution in [3.63, 3.8) is 0 Å². The Kier molecular flexibility index (Phi) is 8.52. The van der Waals surface area contributed by atoms with Crippen LogP contribution in [0.2, 0.25) is 0 Å². The molecule has 0 aliphatic rings. The predicted molar refractivity (Wildman–Crippen MR) is 127 cm³/mol. The quantitative estimate of drug-likeness (QED) is 0.251. The summed E-state index contributed by atoms with van der Waals surface area (Å²) in [7, 11) is 0. The largest absolute Gasteiger partial charge is 0.205 e. The highest BCUT2D eigenvalue weighted by molar-refractivity contribution is 5.85. The van der Waals surface area contributed by atoms with Crippen LogP contribution < -0.4 is 0 Å². The van der Waals surface area contributed by atoms with Crippen LogP contribution in [0.1, 0.15) is 81.0 Å². The molecule has 0 bridgehead atoms. The van der Waals surface area contributed by atoms with Crippen LogP contribution in [0.4, 0.5) is 4.39 Å². The number of hydrogen-bond acceptors (Lipinski definition) is 0. The lowest BCUT2D eigenvalue weighted by Crippen LogP contribution is -1.90. The molecule has 0 heterocycles. The topological polar surface area (TPSA) is 0 Å². The van der Waals surface area contributed by atoms with Crippen molar-refractivity contribution in [1.82, 2.24) is 0 Å². The summed E-state index contributed by atoms with van der Waals surface area (Å²) in [5, 5.41) is 1.61. The minimum Gasteiger partial charge on any atom is -0.205 e. The van der Waals surface area contributed by atoms with Gasteiger partial charge in [-0.15, -0.1) is 0 Å². The van der Waals surface area contributed by atoms with E-state index in [9.17, 15) is 4.39 Å². The van der Waals surface area contributed by atoms with Crippen LogP contribution in [0.5, 0.6) is 0 Å². The smallest absolute Gasteiger partial charge is 0.146 e. The van der Waals surface area contributed by atoms with E-state index in [4.69, 9.17) is 0 Å². The van der Waals surface area contributed by atoms with Gasteiger partial charge in [-0.3, -0.25) is 0 Å². The molecule has 0 aromatic heterocycles. The van der Waals surface area contributed by atoms with Crippen LogP contribution >= 0.6 is 0 Å². The molecule has 0 saturated carbocycles. The second kappa shape index (κ2) is 11.6. The molecule has 1 heteroatoms. The number of fused-ring (bicyclic) bond motifs is 1. The first-order chi connectivity index (χ1) is 14.7. The zero-order chi connectivity index (χ0) is 21.2. The normalized spacial score (nSPS) is 10.8. The molecule has 3 aromatic carbocycles. The van der Waals surface area contributed by atoms with Crippen molar-refractivity contribution in [1.29, 1.82) is 0 Å². The number of benzene rings is 3. The number of rotatable bonds is 9. The van der Waals surface area contributed by atoms with E-state index in [0.29, 0.717) is 10.9 Å². The lowest BCUT2D eigenvalue weighted by atomic mass is 10.0. The second-order valence-corrected chi connectivity index (χ2v) is 8.20. The first-order valence-electron chi connectivity index (χ1n) is 11.5.